The third-order valence-corrected chi connectivity index (χ3v) is 4.81. The molecule has 0 aliphatic carbocycles. The van der Waals surface area contributed by atoms with Gasteiger partial charge in [-0.3, -0.25) is 0 Å². The molecular weight excluding hydrogens is 385 g/mol. The Morgan fingerprint density at radius 3 is 2.64 bits per heavy atom. The van der Waals surface area contributed by atoms with Crippen LogP contribution in [0.15, 0.2) is 48.5 Å². The zero-order valence-corrected chi connectivity index (χ0v) is 15.5. The summed E-state index contributed by atoms with van der Waals surface area (Å²) in [5, 5.41) is 3.62. The van der Waals surface area contributed by atoms with Crippen molar-refractivity contribution < 1.29 is 4.74 Å². The van der Waals surface area contributed by atoms with Gasteiger partial charge in [-0.2, -0.15) is 0 Å². The fourth-order valence-electron chi connectivity index (χ4n) is 2.52. The van der Waals surface area contributed by atoms with Gasteiger partial charge in [0.05, 0.1) is 7.11 Å². The molecule has 0 saturated heterocycles. The summed E-state index contributed by atoms with van der Waals surface area (Å²) < 4.78 is 6.62. The maximum Gasteiger partial charge on any atom is 0.119 e. The molecule has 1 atom stereocenters. The van der Waals surface area contributed by atoms with Crippen LogP contribution in [0.1, 0.15) is 24.5 Å². The molecule has 0 radical (unpaired) electrons. The van der Waals surface area contributed by atoms with Crippen molar-refractivity contribution in [3.05, 3.63) is 63.2 Å². The van der Waals surface area contributed by atoms with E-state index >= 15 is 0 Å². The first-order valence-corrected chi connectivity index (χ1v) is 8.86. The number of halogens is 1. The van der Waals surface area contributed by atoms with Gasteiger partial charge in [0.1, 0.15) is 5.75 Å². The lowest BCUT2D eigenvalue weighted by Gasteiger charge is -2.15. The van der Waals surface area contributed by atoms with Crippen molar-refractivity contribution in [2.24, 2.45) is 0 Å². The van der Waals surface area contributed by atoms with Crippen LogP contribution >= 0.6 is 22.6 Å². The van der Waals surface area contributed by atoms with E-state index in [1.54, 1.807) is 7.11 Å². The molecule has 0 heterocycles. The highest BCUT2D eigenvalue weighted by Crippen LogP contribution is 2.20. The van der Waals surface area contributed by atoms with Crippen LogP contribution in [0.2, 0.25) is 0 Å². The largest absolute Gasteiger partial charge is 0.497 e. The third kappa shape index (κ3) is 5.61. The second kappa shape index (κ2) is 9.16. The fourth-order valence-corrected chi connectivity index (χ4v) is 3.08. The molecule has 0 aliphatic rings. The first kappa shape index (κ1) is 17.3. The Morgan fingerprint density at radius 1 is 1.14 bits per heavy atom. The fraction of sp³-hybridized carbons (Fsp3) is 0.368. The molecule has 3 heteroatoms. The lowest BCUT2D eigenvalue weighted by molar-refractivity contribution is 0.413. The molecular formula is C19H24INO. The molecule has 2 nitrogen and oxygen atoms in total. The highest BCUT2D eigenvalue weighted by molar-refractivity contribution is 14.1. The lowest BCUT2D eigenvalue weighted by atomic mass is 10.1. The average Bonchev–Trinajstić information content (AvgIpc) is 2.54. The highest BCUT2D eigenvalue weighted by Gasteiger charge is 2.07. The molecule has 22 heavy (non-hydrogen) atoms. The minimum absolute atomic E-state index is 0.469. The summed E-state index contributed by atoms with van der Waals surface area (Å²) in [6.45, 7) is 3.30. The van der Waals surface area contributed by atoms with Crippen LogP contribution in [-0.4, -0.2) is 19.7 Å². The van der Waals surface area contributed by atoms with Crippen LogP contribution in [0.4, 0.5) is 0 Å². The van der Waals surface area contributed by atoms with Crippen LogP contribution < -0.4 is 10.1 Å². The third-order valence-electron chi connectivity index (χ3n) is 3.76. The van der Waals surface area contributed by atoms with Gasteiger partial charge < -0.3 is 10.1 Å². The summed E-state index contributed by atoms with van der Waals surface area (Å²) in [6.07, 6.45) is 3.33. The van der Waals surface area contributed by atoms with Gasteiger partial charge in [0.15, 0.2) is 0 Å². The first-order valence-electron chi connectivity index (χ1n) is 7.79. The van der Waals surface area contributed by atoms with Gasteiger partial charge in [0, 0.05) is 9.61 Å². The minimum atomic E-state index is 0.469. The maximum absolute atomic E-state index is 5.32. The standard InChI is InChI=1S/C19H24INO/c1-15(13-17-14-18(22-2)10-11-19(17)20)21-12-6-9-16-7-4-3-5-8-16/h3-5,7-8,10-11,14-15,21H,6,9,12-13H2,1-2H3/t15-/m1/s1. The van der Waals surface area contributed by atoms with Crippen molar-refractivity contribution in [1.82, 2.24) is 5.32 Å². The van der Waals surface area contributed by atoms with Crippen molar-refractivity contribution in [1.29, 1.82) is 0 Å². The van der Waals surface area contributed by atoms with E-state index in [1.165, 1.54) is 21.1 Å². The average molecular weight is 409 g/mol. The Morgan fingerprint density at radius 2 is 1.91 bits per heavy atom. The van der Waals surface area contributed by atoms with Crippen molar-refractivity contribution >= 4 is 22.6 Å². The molecule has 0 amide bonds. The van der Waals surface area contributed by atoms with Crippen LogP contribution in [-0.2, 0) is 12.8 Å². The van der Waals surface area contributed by atoms with E-state index < -0.39 is 0 Å². The molecule has 0 spiro atoms. The van der Waals surface area contributed by atoms with E-state index in [4.69, 9.17) is 4.74 Å². The number of rotatable bonds is 8. The molecule has 0 unspecified atom stereocenters. The monoisotopic (exact) mass is 409 g/mol. The van der Waals surface area contributed by atoms with E-state index in [1.807, 2.05) is 6.07 Å². The first-order chi connectivity index (χ1) is 10.7. The molecule has 1 N–H and O–H groups in total. The topological polar surface area (TPSA) is 21.3 Å². The molecule has 2 aromatic rings. The number of hydrogen-bond donors (Lipinski definition) is 1. The van der Waals surface area contributed by atoms with Gasteiger partial charge in [-0.15, -0.1) is 0 Å². The van der Waals surface area contributed by atoms with Gasteiger partial charge in [-0.25, -0.2) is 0 Å². The molecule has 0 aliphatic heterocycles. The predicted molar refractivity (Wildman–Crippen MR) is 102 cm³/mol. The van der Waals surface area contributed by atoms with Gasteiger partial charge >= 0.3 is 0 Å². The van der Waals surface area contributed by atoms with Crippen LogP contribution in [0, 0.1) is 3.57 Å². The number of hydrogen-bond acceptors (Lipinski definition) is 2. The number of ether oxygens (including phenoxy) is 1. The molecule has 2 rings (SSSR count). The second-order valence-corrected chi connectivity index (χ2v) is 6.77. The number of benzene rings is 2. The quantitative estimate of drug-likeness (QED) is 0.514. The van der Waals surface area contributed by atoms with E-state index in [0.717, 1.165) is 25.1 Å². The molecule has 2 aromatic carbocycles. The Bertz CT molecular complexity index is 571. The summed E-state index contributed by atoms with van der Waals surface area (Å²) in [7, 11) is 1.72. The summed E-state index contributed by atoms with van der Waals surface area (Å²) in [6, 6.07) is 17.4. The SMILES string of the molecule is COc1ccc(I)c(C[C@@H](C)NCCCc2ccccc2)c1. The highest BCUT2D eigenvalue weighted by atomic mass is 127. The Hall–Kier alpha value is -1.07. The van der Waals surface area contributed by atoms with E-state index in [2.05, 4.69) is 77.3 Å². The van der Waals surface area contributed by atoms with E-state index in [-0.39, 0.29) is 0 Å². The Labute approximate surface area is 147 Å². The number of aryl methyl sites for hydroxylation is 1. The maximum atomic E-state index is 5.32. The molecule has 0 saturated carbocycles. The number of nitrogens with one attached hydrogen (secondary N) is 1. The van der Waals surface area contributed by atoms with Gasteiger partial charge in [-0.1, -0.05) is 30.3 Å². The zero-order valence-electron chi connectivity index (χ0n) is 13.3. The van der Waals surface area contributed by atoms with E-state index in [9.17, 15) is 0 Å². The van der Waals surface area contributed by atoms with Gasteiger partial charge in [0.2, 0.25) is 0 Å². The lowest BCUT2D eigenvalue weighted by Crippen LogP contribution is -2.29. The van der Waals surface area contributed by atoms with Crippen molar-refractivity contribution in [3.63, 3.8) is 0 Å². The van der Waals surface area contributed by atoms with Crippen molar-refractivity contribution in [2.75, 3.05) is 13.7 Å². The smallest absolute Gasteiger partial charge is 0.119 e. The van der Waals surface area contributed by atoms with Crippen molar-refractivity contribution in [3.8, 4) is 5.75 Å². The molecule has 0 bridgehead atoms. The molecule has 0 fully saturated rings. The van der Waals surface area contributed by atoms with Crippen LogP contribution in [0.5, 0.6) is 5.75 Å². The normalized spacial score (nSPS) is 12.1. The van der Waals surface area contributed by atoms with Crippen molar-refractivity contribution in [2.45, 2.75) is 32.2 Å². The van der Waals surface area contributed by atoms with E-state index in [0.29, 0.717) is 6.04 Å². The molecule has 0 aromatic heterocycles. The second-order valence-electron chi connectivity index (χ2n) is 5.61. The minimum Gasteiger partial charge on any atom is -0.497 e. The summed E-state index contributed by atoms with van der Waals surface area (Å²) in [5.41, 5.74) is 2.77. The predicted octanol–water partition coefficient (Wildman–Crippen LogP) is 4.45. The number of methoxy groups -OCH3 is 1. The summed E-state index contributed by atoms with van der Waals surface area (Å²) in [5.74, 6) is 0.937. The van der Waals surface area contributed by atoms with Crippen LogP contribution in [0.25, 0.3) is 0 Å². The van der Waals surface area contributed by atoms with Crippen LogP contribution in [0.3, 0.4) is 0 Å². The van der Waals surface area contributed by atoms with Gasteiger partial charge in [0.25, 0.3) is 0 Å². The summed E-state index contributed by atoms with van der Waals surface area (Å²) in [4.78, 5) is 0. The summed E-state index contributed by atoms with van der Waals surface area (Å²) >= 11 is 2.40. The zero-order chi connectivity index (χ0) is 15.8. The Kier molecular flexibility index (Phi) is 7.19. The van der Waals surface area contributed by atoms with Gasteiger partial charge in [-0.05, 0) is 84.6 Å². The molecule has 118 valence electrons. The Balaban J connectivity index is 1.75.